The maximum Gasteiger partial charge on any atom is 0.258 e. The highest BCUT2D eigenvalue weighted by Gasteiger charge is 2.21. The van der Waals surface area contributed by atoms with E-state index in [1.807, 2.05) is 0 Å². The summed E-state index contributed by atoms with van der Waals surface area (Å²) in [6.45, 7) is 1.51. The van der Waals surface area contributed by atoms with Gasteiger partial charge in [0, 0.05) is 32.7 Å². The number of methoxy groups -OCH3 is 1. The average molecular weight is 303 g/mol. The lowest BCUT2D eigenvalue weighted by molar-refractivity contribution is -0.124. The molecule has 5 nitrogen and oxygen atoms in total. The average Bonchev–Trinajstić information content (AvgIpc) is 2.42. The molecule has 0 saturated heterocycles. The molecule has 0 aromatic heterocycles. The van der Waals surface area contributed by atoms with E-state index in [1.165, 1.54) is 7.11 Å². The quantitative estimate of drug-likeness (QED) is 0.758. The van der Waals surface area contributed by atoms with Crippen molar-refractivity contribution in [2.24, 2.45) is 0 Å². The van der Waals surface area contributed by atoms with Crippen molar-refractivity contribution < 1.29 is 28.2 Å². The van der Waals surface area contributed by atoms with Gasteiger partial charge in [-0.1, -0.05) is 0 Å². The van der Waals surface area contributed by atoms with Crippen LogP contribution >= 0.6 is 0 Å². The third-order valence-electron chi connectivity index (χ3n) is 2.76. The first-order chi connectivity index (χ1) is 9.84. The molecule has 1 aromatic carbocycles. The Morgan fingerprint density at radius 1 is 1.43 bits per heavy atom. The Morgan fingerprint density at radius 3 is 2.76 bits per heavy atom. The highest BCUT2D eigenvalue weighted by atomic mass is 19.1. The number of aliphatic hydroxyl groups is 1. The van der Waals surface area contributed by atoms with Crippen molar-refractivity contribution in [2.75, 3.05) is 26.9 Å². The van der Waals surface area contributed by atoms with E-state index in [0.717, 1.165) is 12.1 Å². The van der Waals surface area contributed by atoms with Crippen molar-refractivity contribution >= 4 is 5.91 Å². The molecule has 0 aliphatic carbocycles. The van der Waals surface area contributed by atoms with Gasteiger partial charge >= 0.3 is 0 Å². The van der Waals surface area contributed by atoms with Crippen molar-refractivity contribution in [2.45, 2.75) is 18.9 Å². The maximum absolute atomic E-state index is 13.3. The van der Waals surface area contributed by atoms with Crippen molar-refractivity contribution in [3.63, 3.8) is 0 Å². The number of nitrogens with one attached hydrogen (secondary N) is 1. The van der Waals surface area contributed by atoms with Crippen LogP contribution in [0.25, 0.3) is 0 Å². The minimum absolute atomic E-state index is 0.0183. The van der Waals surface area contributed by atoms with Crippen LogP contribution in [0.3, 0.4) is 0 Å². The third kappa shape index (κ3) is 6.50. The summed E-state index contributed by atoms with van der Waals surface area (Å²) in [5.74, 6) is -2.33. The van der Waals surface area contributed by atoms with Crippen molar-refractivity contribution in [1.82, 2.24) is 5.32 Å². The van der Waals surface area contributed by atoms with Gasteiger partial charge in [-0.3, -0.25) is 4.79 Å². The first-order valence-electron chi connectivity index (χ1n) is 6.40. The molecule has 0 heterocycles. The molecule has 0 radical (unpaired) electrons. The fraction of sp³-hybridized carbons (Fsp3) is 0.500. The number of carbonyl (C=O) groups excluding carboxylic acids is 1. The SMILES string of the molecule is COCCC(C)(O)CNC(=O)COc1ccc(F)cc1F. The Labute approximate surface area is 121 Å². The molecule has 0 aliphatic heterocycles. The standard InChI is InChI=1S/C14H19F2NO4/c1-14(19,5-6-20-2)9-17-13(18)8-21-12-4-3-10(15)7-11(12)16/h3-4,7,19H,5-6,8-9H2,1-2H3,(H,17,18). The lowest BCUT2D eigenvalue weighted by atomic mass is 10.0. The van der Waals surface area contributed by atoms with Crippen LogP contribution in [0.5, 0.6) is 5.75 Å². The summed E-state index contributed by atoms with van der Waals surface area (Å²) in [6.07, 6.45) is 0.358. The Bertz CT molecular complexity index is 480. The molecule has 21 heavy (non-hydrogen) atoms. The Morgan fingerprint density at radius 2 is 2.14 bits per heavy atom. The third-order valence-corrected chi connectivity index (χ3v) is 2.76. The van der Waals surface area contributed by atoms with Gasteiger partial charge in [-0.05, 0) is 19.1 Å². The van der Waals surface area contributed by atoms with E-state index in [4.69, 9.17) is 9.47 Å². The van der Waals surface area contributed by atoms with E-state index in [1.54, 1.807) is 6.92 Å². The number of benzene rings is 1. The topological polar surface area (TPSA) is 67.8 Å². The maximum atomic E-state index is 13.3. The predicted octanol–water partition coefficient (Wildman–Crippen LogP) is 1.25. The summed E-state index contributed by atoms with van der Waals surface area (Å²) in [7, 11) is 1.51. The van der Waals surface area contributed by atoms with Gasteiger partial charge in [0.2, 0.25) is 0 Å². The van der Waals surface area contributed by atoms with Crippen LogP contribution in [0.15, 0.2) is 18.2 Å². The minimum atomic E-state index is -1.10. The summed E-state index contributed by atoms with van der Waals surface area (Å²) in [5, 5.41) is 12.4. The molecule has 2 N–H and O–H groups in total. The molecule has 1 amide bonds. The van der Waals surface area contributed by atoms with Gasteiger partial charge in [-0.15, -0.1) is 0 Å². The van der Waals surface area contributed by atoms with Gasteiger partial charge in [0.15, 0.2) is 18.2 Å². The van der Waals surface area contributed by atoms with Crippen LogP contribution in [0.2, 0.25) is 0 Å². The smallest absolute Gasteiger partial charge is 0.258 e. The zero-order valence-electron chi connectivity index (χ0n) is 12.0. The van der Waals surface area contributed by atoms with Crippen LogP contribution in [0.1, 0.15) is 13.3 Å². The fourth-order valence-electron chi connectivity index (χ4n) is 1.49. The predicted molar refractivity (Wildman–Crippen MR) is 72.0 cm³/mol. The van der Waals surface area contributed by atoms with E-state index in [2.05, 4.69) is 5.32 Å². The zero-order valence-corrected chi connectivity index (χ0v) is 12.0. The van der Waals surface area contributed by atoms with E-state index >= 15 is 0 Å². The molecular weight excluding hydrogens is 284 g/mol. The second kappa shape index (κ2) is 7.90. The van der Waals surface area contributed by atoms with Gasteiger partial charge in [-0.2, -0.15) is 0 Å². The van der Waals surface area contributed by atoms with E-state index in [-0.39, 0.29) is 12.3 Å². The second-order valence-corrected chi connectivity index (χ2v) is 4.88. The highest BCUT2D eigenvalue weighted by Crippen LogP contribution is 2.17. The Hall–Kier alpha value is -1.73. The lowest BCUT2D eigenvalue weighted by Crippen LogP contribution is -2.42. The summed E-state index contributed by atoms with van der Waals surface area (Å²) in [5.41, 5.74) is -1.10. The molecule has 0 fully saturated rings. The molecular formula is C14H19F2NO4. The van der Waals surface area contributed by atoms with Gasteiger partial charge in [0.1, 0.15) is 5.82 Å². The van der Waals surface area contributed by atoms with Crippen LogP contribution in [0, 0.1) is 11.6 Å². The van der Waals surface area contributed by atoms with E-state index in [9.17, 15) is 18.7 Å². The molecule has 118 valence electrons. The zero-order chi connectivity index (χ0) is 15.9. The van der Waals surface area contributed by atoms with Gasteiger partial charge in [-0.25, -0.2) is 8.78 Å². The molecule has 0 spiro atoms. The molecule has 1 aromatic rings. The summed E-state index contributed by atoms with van der Waals surface area (Å²) < 4.78 is 35.7. The Balaban J connectivity index is 2.37. The van der Waals surface area contributed by atoms with Crippen LogP contribution in [-0.2, 0) is 9.53 Å². The largest absolute Gasteiger partial charge is 0.481 e. The van der Waals surface area contributed by atoms with E-state index in [0.29, 0.717) is 19.1 Å². The first-order valence-corrected chi connectivity index (χ1v) is 6.40. The van der Waals surface area contributed by atoms with Crippen LogP contribution < -0.4 is 10.1 Å². The molecule has 1 unspecified atom stereocenters. The van der Waals surface area contributed by atoms with Gasteiger partial charge in [0.05, 0.1) is 5.60 Å². The summed E-state index contributed by atoms with van der Waals surface area (Å²) >= 11 is 0. The van der Waals surface area contributed by atoms with Gasteiger partial charge in [0.25, 0.3) is 5.91 Å². The number of hydrogen-bond donors (Lipinski definition) is 2. The van der Waals surface area contributed by atoms with Crippen molar-refractivity contribution in [3.05, 3.63) is 29.8 Å². The number of rotatable bonds is 8. The number of hydrogen-bond acceptors (Lipinski definition) is 4. The molecule has 7 heteroatoms. The molecule has 1 rings (SSSR count). The molecule has 0 aliphatic rings. The lowest BCUT2D eigenvalue weighted by Gasteiger charge is -2.23. The molecule has 1 atom stereocenters. The fourth-order valence-corrected chi connectivity index (χ4v) is 1.49. The van der Waals surface area contributed by atoms with Crippen molar-refractivity contribution in [1.29, 1.82) is 0 Å². The van der Waals surface area contributed by atoms with E-state index < -0.39 is 29.7 Å². The monoisotopic (exact) mass is 303 g/mol. The molecule has 0 saturated carbocycles. The van der Waals surface area contributed by atoms with Crippen LogP contribution in [-0.4, -0.2) is 43.5 Å². The van der Waals surface area contributed by atoms with Crippen LogP contribution in [0.4, 0.5) is 8.78 Å². The highest BCUT2D eigenvalue weighted by molar-refractivity contribution is 5.77. The number of halogens is 2. The number of amides is 1. The second-order valence-electron chi connectivity index (χ2n) is 4.88. The Kier molecular flexibility index (Phi) is 6.51. The van der Waals surface area contributed by atoms with Gasteiger partial charge < -0.3 is 19.9 Å². The summed E-state index contributed by atoms with van der Waals surface area (Å²) in [6, 6.07) is 2.81. The van der Waals surface area contributed by atoms with Crippen molar-refractivity contribution in [3.8, 4) is 5.75 Å². The molecule has 0 bridgehead atoms. The number of carbonyl (C=O) groups is 1. The normalized spacial score (nSPS) is 13.6. The first kappa shape index (κ1) is 17.3. The number of ether oxygens (including phenoxy) is 2. The minimum Gasteiger partial charge on any atom is -0.481 e. The summed E-state index contributed by atoms with van der Waals surface area (Å²) in [4.78, 5) is 11.5.